The second-order valence-electron chi connectivity index (χ2n) is 5.66. The van der Waals surface area contributed by atoms with E-state index in [1.165, 1.54) is 7.11 Å². The highest BCUT2D eigenvalue weighted by Gasteiger charge is 2.20. The molecule has 0 radical (unpaired) electrons. The zero-order valence-corrected chi connectivity index (χ0v) is 14.4. The molecule has 0 spiro atoms. The Morgan fingerprint density at radius 3 is 2.42 bits per heavy atom. The number of anilines is 2. The molecule has 0 aliphatic heterocycles. The number of methoxy groups -OCH3 is 1. The number of nitrogens with zero attached hydrogens (tertiary/aromatic N) is 2. The highest BCUT2D eigenvalue weighted by molar-refractivity contribution is 5.96. The van der Waals surface area contributed by atoms with E-state index >= 15 is 0 Å². The second-order valence-corrected chi connectivity index (χ2v) is 5.66. The first-order chi connectivity index (χ1) is 12.7. The fourth-order valence-electron chi connectivity index (χ4n) is 2.49. The average molecular weight is 348 g/mol. The molecule has 0 fully saturated rings. The number of amides is 1. The highest BCUT2D eigenvalue weighted by atomic mass is 16.5. The van der Waals surface area contributed by atoms with E-state index in [-0.39, 0.29) is 5.91 Å². The molecular weight excluding hydrogens is 328 g/mol. The van der Waals surface area contributed by atoms with Gasteiger partial charge in [-0.05, 0) is 17.7 Å². The molecule has 3 rings (SSSR count). The predicted molar refractivity (Wildman–Crippen MR) is 101 cm³/mol. The van der Waals surface area contributed by atoms with Crippen molar-refractivity contribution in [3.8, 4) is 5.88 Å². The van der Waals surface area contributed by atoms with Crippen LogP contribution in [0.1, 0.15) is 5.56 Å². The third-order valence-electron chi connectivity index (χ3n) is 3.78. The van der Waals surface area contributed by atoms with Gasteiger partial charge in [-0.1, -0.05) is 48.5 Å². The van der Waals surface area contributed by atoms with Crippen molar-refractivity contribution in [3.63, 3.8) is 0 Å². The maximum Gasteiger partial charge on any atom is 0.247 e. The molecule has 3 aromatic rings. The Morgan fingerprint density at radius 2 is 1.73 bits per heavy atom. The lowest BCUT2D eigenvalue weighted by molar-refractivity contribution is -0.116. The van der Waals surface area contributed by atoms with E-state index in [2.05, 4.69) is 20.6 Å². The monoisotopic (exact) mass is 348 g/mol. The van der Waals surface area contributed by atoms with Crippen LogP contribution in [0.5, 0.6) is 5.88 Å². The number of aromatic nitrogens is 2. The van der Waals surface area contributed by atoms with Gasteiger partial charge in [0.2, 0.25) is 17.7 Å². The molecule has 0 aliphatic carbocycles. The normalized spacial score (nSPS) is 11.4. The van der Waals surface area contributed by atoms with Gasteiger partial charge in [0, 0.05) is 24.4 Å². The van der Waals surface area contributed by atoms with Gasteiger partial charge in [0.05, 0.1) is 7.11 Å². The first-order valence-electron chi connectivity index (χ1n) is 8.28. The van der Waals surface area contributed by atoms with E-state index in [1.54, 1.807) is 12.3 Å². The van der Waals surface area contributed by atoms with Crippen LogP contribution in [0, 0.1) is 0 Å². The Labute approximate surface area is 152 Å². The van der Waals surface area contributed by atoms with E-state index < -0.39 is 6.04 Å². The van der Waals surface area contributed by atoms with Crippen molar-refractivity contribution in [2.45, 2.75) is 12.5 Å². The van der Waals surface area contributed by atoms with Gasteiger partial charge < -0.3 is 15.4 Å². The molecule has 6 heteroatoms. The van der Waals surface area contributed by atoms with Crippen molar-refractivity contribution in [2.75, 3.05) is 17.7 Å². The standard InChI is InChI=1S/C20H20N4O2/c1-26-18-12-13-21-20(24-18)23-17(14-15-8-4-2-5-9-15)19(25)22-16-10-6-3-7-11-16/h2-13,17H,14H2,1H3,(H,22,25)(H,21,23,24)/t17-/m1/s1. The van der Waals surface area contributed by atoms with E-state index in [0.29, 0.717) is 18.2 Å². The molecule has 0 bridgehead atoms. The minimum absolute atomic E-state index is 0.161. The number of carbonyl (C=O) groups is 1. The van der Waals surface area contributed by atoms with Gasteiger partial charge in [0.1, 0.15) is 6.04 Å². The van der Waals surface area contributed by atoms with E-state index in [4.69, 9.17) is 4.74 Å². The van der Waals surface area contributed by atoms with Crippen molar-refractivity contribution in [1.82, 2.24) is 9.97 Å². The van der Waals surface area contributed by atoms with Gasteiger partial charge in [-0.3, -0.25) is 4.79 Å². The van der Waals surface area contributed by atoms with Gasteiger partial charge in [0.15, 0.2) is 0 Å². The SMILES string of the molecule is COc1ccnc(N[C@H](Cc2ccccc2)C(=O)Nc2ccccc2)n1. The molecule has 1 aromatic heterocycles. The van der Waals surface area contributed by atoms with Crippen LogP contribution in [0.2, 0.25) is 0 Å². The Hall–Kier alpha value is -3.41. The van der Waals surface area contributed by atoms with Crippen molar-refractivity contribution < 1.29 is 9.53 Å². The lowest BCUT2D eigenvalue weighted by Gasteiger charge is -2.19. The molecule has 132 valence electrons. The molecule has 1 heterocycles. The number of hydrogen-bond acceptors (Lipinski definition) is 5. The van der Waals surface area contributed by atoms with Crippen LogP contribution in [0.4, 0.5) is 11.6 Å². The summed E-state index contributed by atoms with van der Waals surface area (Å²) in [6.45, 7) is 0. The lowest BCUT2D eigenvalue weighted by atomic mass is 10.1. The Kier molecular flexibility index (Phi) is 5.77. The van der Waals surface area contributed by atoms with Crippen molar-refractivity contribution in [1.29, 1.82) is 0 Å². The van der Waals surface area contributed by atoms with E-state index in [1.807, 2.05) is 60.7 Å². The van der Waals surface area contributed by atoms with E-state index in [0.717, 1.165) is 11.3 Å². The van der Waals surface area contributed by atoms with Gasteiger partial charge in [-0.2, -0.15) is 4.98 Å². The Bertz CT molecular complexity index is 841. The maximum absolute atomic E-state index is 12.8. The quantitative estimate of drug-likeness (QED) is 0.686. The fraction of sp³-hybridized carbons (Fsp3) is 0.150. The molecule has 2 N–H and O–H groups in total. The molecule has 1 atom stereocenters. The summed E-state index contributed by atoms with van der Waals surface area (Å²) in [5.74, 6) is 0.615. The van der Waals surface area contributed by atoms with E-state index in [9.17, 15) is 4.79 Å². The van der Waals surface area contributed by atoms with Gasteiger partial charge in [0.25, 0.3) is 0 Å². The molecule has 0 aliphatic rings. The van der Waals surface area contributed by atoms with Gasteiger partial charge >= 0.3 is 0 Å². The summed E-state index contributed by atoms with van der Waals surface area (Å²) in [5.41, 5.74) is 1.78. The molecule has 1 amide bonds. The molecule has 0 saturated heterocycles. The van der Waals surface area contributed by atoms with Crippen LogP contribution in [-0.4, -0.2) is 29.0 Å². The summed E-state index contributed by atoms with van der Waals surface area (Å²) in [6.07, 6.45) is 2.09. The maximum atomic E-state index is 12.8. The summed E-state index contributed by atoms with van der Waals surface area (Å²) < 4.78 is 5.12. The third kappa shape index (κ3) is 4.80. The number of benzene rings is 2. The van der Waals surface area contributed by atoms with Crippen LogP contribution < -0.4 is 15.4 Å². The minimum Gasteiger partial charge on any atom is -0.481 e. The highest BCUT2D eigenvalue weighted by Crippen LogP contribution is 2.13. The summed E-state index contributed by atoms with van der Waals surface area (Å²) in [7, 11) is 1.54. The van der Waals surface area contributed by atoms with Crippen molar-refractivity contribution in [2.24, 2.45) is 0 Å². The summed E-state index contributed by atoms with van der Waals surface area (Å²) in [6, 6.07) is 20.3. The first kappa shape index (κ1) is 17.4. The molecule has 2 aromatic carbocycles. The number of nitrogens with one attached hydrogen (secondary N) is 2. The number of para-hydroxylation sites is 1. The molecule has 6 nitrogen and oxygen atoms in total. The van der Waals surface area contributed by atoms with Crippen LogP contribution in [-0.2, 0) is 11.2 Å². The largest absolute Gasteiger partial charge is 0.481 e. The van der Waals surface area contributed by atoms with Crippen molar-refractivity contribution >= 4 is 17.5 Å². The number of carbonyl (C=O) groups excluding carboxylic acids is 1. The summed E-state index contributed by atoms with van der Waals surface area (Å²) >= 11 is 0. The summed E-state index contributed by atoms with van der Waals surface area (Å²) in [5, 5.41) is 6.03. The zero-order valence-electron chi connectivity index (χ0n) is 14.4. The number of rotatable bonds is 7. The Morgan fingerprint density at radius 1 is 1.04 bits per heavy atom. The predicted octanol–water partition coefficient (Wildman–Crippen LogP) is 3.15. The smallest absolute Gasteiger partial charge is 0.247 e. The Balaban J connectivity index is 1.79. The topological polar surface area (TPSA) is 76.1 Å². The van der Waals surface area contributed by atoms with Crippen LogP contribution in [0.3, 0.4) is 0 Å². The van der Waals surface area contributed by atoms with Crippen LogP contribution >= 0.6 is 0 Å². The molecular formula is C20H20N4O2. The van der Waals surface area contributed by atoms with Crippen LogP contribution in [0.15, 0.2) is 72.9 Å². The first-order valence-corrected chi connectivity index (χ1v) is 8.28. The molecule has 0 saturated carbocycles. The fourth-order valence-corrected chi connectivity index (χ4v) is 2.49. The van der Waals surface area contributed by atoms with Crippen LogP contribution in [0.25, 0.3) is 0 Å². The number of ether oxygens (including phenoxy) is 1. The van der Waals surface area contributed by atoms with Gasteiger partial charge in [-0.15, -0.1) is 0 Å². The third-order valence-corrected chi connectivity index (χ3v) is 3.78. The average Bonchev–Trinajstić information content (AvgIpc) is 2.69. The second kappa shape index (κ2) is 8.62. The summed E-state index contributed by atoms with van der Waals surface area (Å²) in [4.78, 5) is 21.2. The molecule has 26 heavy (non-hydrogen) atoms. The lowest BCUT2D eigenvalue weighted by Crippen LogP contribution is -2.37. The zero-order chi connectivity index (χ0) is 18.2. The van der Waals surface area contributed by atoms with Gasteiger partial charge in [-0.25, -0.2) is 4.98 Å². The minimum atomic E-state index is -0.537. The molecule has 0 unspecified atom stereocenters. The number of hydrogen-bond donors (Lipinski definition) is 2. The van der Waals surface area contributed by atoms with Crippen molar-refractivity contribution in [3.05, 3.63) is 78.5 Å².